The smallest absolute Gasteiger partial charge is 0.416 e. The second-order valence-electron chi connectivity index (χ2n) is 8.03. The van der Waals surface area contributed by atoms with Crippen LogP contribution in [0.5, 0.6) is 5.75 Å². The van der Waals surface area contributed by atoms with Gasteiger partial charge in [0.1, 0.15) is 0 Å². The Hall–Kier alpha value is -3.87. The number of nitro benzene ring substituents is 1. The van der Waals surface area contributed by atoms with Crippen molar-refractivity contribution in [2.45, 2.75) is 25.2 Å². The van der Waals surface area contributed by atoms with Crippen molar-refractivity contribution in [3.63, 3.8) is 0 Å². The number of hydrogen-bond acceptors (Lipinski definition) is 7. The van der Waals surface area contributed by atoms with E-state index in [-0.39, 0.29) is 28.7 Å². The Kier molecular flexibility index (Phi) is 7.79. The van der Waals surface area contributed by atoms with Crippen LogP contribution in [0, 0.1) is 10.1 Å². The number of alkyl halides is 3. The maximum atomic E-state index is 12.9. The Morgan fingerprint density at radius 1 is 1.26 bits per heavy atom. The van der Waals surface area contributed by atoms with Gasteiger partial charge in [-0.3, -0.25) is 24.6 Å². The summed E-state index contributed by atoms with van der Waals surface area (Å²) in [5.74, 6) is -1.23. The lowest BCUT2D eigenvalue weighted by Crippen LogP contribution is -2.43. The highest BCUT2D eigenvalue weighted by Crippen LogP contribution is 2.31. The summed E-state index contributed by atoms with van der Waals surface area (Å²) in [4.78, 5) is 37.2. The highest BCUT2D eigenvalue weighted by atomic mass is 19.4. The van der Waals surface area contributed by atoms with Crippen LogP contribution in [0.3, 0.4) is 0 Å². The normalized spacial score (nSPS) is 16.1. The lowest BCUT2D eigenvalue weighted by molar-refractivity contribution is -0.385. The number of nitrogens with zero attached hydrogens (tertiary/aromatic N) is 2. The number of carbonyl (C=O) groups is 2. The van der Waals surface area contributed by atoms with Crippen LogP contribution in [0.15, 0.2) is 36.4 Å². The molecule has 2 aromatic carbocycles. The zero-order valence-electron chi connectivity index (χ0n) is 18.7. The van der Waals surface area contributed by atoms with Crippen LogP contribution >= 0.6 is 0 Å². The minimum Gasteiger partial charge on any atom is -0.490 e. The van der Waals surface area contributed by atoms with Crippen LogP contribution in [0.4, 0.5) is 24.5 Å². The number of nitrogens with one attached hydrogen (secondary N) is 2. The van der Waals surface area contributed by atoms with E-state index < -0.39 is 35.0 Å². The number of nitro groups is 1. The summed E-state index contributed by atoms with van der Waals surface area (Å²) < 4.78 is 43.7. The molecule has 35 heavy (non-hydrogen) atoms. The number of ether oxygens (including phenoxy) is 1. The first-order valence-electron chi connectivity index (χ1n) is 10.6. The molecule has 0 saturated carbocycles. The van der Waals surface area contributed by atoms with Crippen LogP contribution in [-0.4, -0.2) is 54.4 Å². The number of anilines is 1. The lowest BCUT2D eigenvalue weighted by Gasteiger charge is -2.17. The molecule has 0 aliphatic carbocycles. The van der Waals surface area contributed by atoms with Crippen LogP contribution in [0.2, 0.25) is 0 Å². The van der Waals surface area contributed by atoms with Gasteiger partial charge in [-0.2, -0.15) is 13.2 Å². The van der Waals surface area contributed by atoms with Gasteiger partial charge >= 0.3 is 11.9 Å². The first-order chi connectivity index (χ1) is 16.5. The molecule has 10 nitrogen and oxygen atoms in total. The van der Waals surface area contributed by atoms with Crippen LogP contribution in [0.25, 0.3) is 0 Å². The molecule has 4 N–H and O–H groups in total. The average molecular weight is 495 g/mol. The monoisotopic (exact) mass is 495 g/mol. The second kappa shape index (κ2) is 10.6. The third kappa shape index (κ3) is 6.59. The van der Waals surface area contributed by atoms with Crippen LogP contribution in [0.1, 0.15) is 27.9 Å². The molecule has 3 rings (SSSR count). The summed E-state index contributed by atoms with van der Waals surface area (Å²) >= 11 is 0. The number of benzene rings is 2. The molecule has 1 saturated heterocycles. The largest absolute Gasteiger partial charge is 0.490 e. The summed E-state index contributed by atoms with van der Waals surface area (Å²) in [6, 6.07) is 6.89. The predicted molar refractivity (Wildman–Crippen MR) is 120 cm³/mol. The van der Waals surface area contributed by atoms with Crippen molar-refractivity contribution in [2.24, 2.45) is 0 Å². The van der Waals surface area contributed by atoms with Gasteiger partial charge in [-0.05, 0) is 36.2 Å². The molecule has 1 unspecified atom stereocenters. The topological polar surface area (TPSA) is 140 Å². The van der Waals surface area contributed by atoms with Gasteiger partial charge in [0.25, 0.3) is 5.91 Å². The number of carbonyl (C=O) groups excluding carboxylic acids is 2. The fourth-order valence-corrected chi connectivity index (χ4v) is 3.79. The zero-order valence-corrected chi connectivity index (χ0v) is 18.7. The maximum absolute atomic E-state index is 12.9. The molecule has 1 aliphatic heterocycles. The SMILES string of the molecule is COc1ccc(CN2CCC(NC(=O)CNC(=O)c3cc(C(F)(F)F)ccc3N)C2)cc1[N+](=O)[O-]. The van der Waals surface area contributed by atoms with Crippen LogP contribution < -0.4 is 21.1 Å². The molecule has 0 aromatic heterocycles. The predicted octanol–water partition coefficient (Wildman–Crippen LogP) is 2.32. The molecule has 188 valence electrons. The van der Waals surface area contributed by atoms with Crippen molar-refractivity contribution in [1.29, 1.82) is 0 Å². The molecule has 0 bridgehead atoms. The quantitative estimate of drug-likeness (QED) is 0.290. The van der Waals surface area contributed by atoms with Crippen molar-refractivity contribution < 1.29 is 32.4 Å². The molecule has 2 amide bonds. The van der Waals surface area contributed by atoms with Gasteiger partial charge in [0.05, 0.1) is 29.7 Å². The fraction of sp³-hybridized carbons (Fsp3) is 0.364. The first kappa shape index (κ1) is 25.7. The van der Waals surface area contributed by atoms with Crippen molar-refractivity contribution in [3.8, 4) is 5.75 Å². The van der Waals surface area contributed by atoms with E-state index in [4.69, 9.17) is 10.5 Å². The third-order valence-electron chi connectivity index (χ3n) is 5.52. The highest BCUT2D eigenvalue weighted by molar-refractivity contribution is 6.00. The maximum Gasteiger partial charge on any atom is 0.416 e. The van der Waals surface area contributed by atoms with E-state index in [1.807, 2.05) is 4.90 Å². The number of halogens is 3. The number of nitrogens with two attached hydrogens (primary N) is 1. The first-order valence-corrected chi connectivity index (χ1v) is 10.6. The number of amides is 2. The Bertz CT molecular complexity index is 1130. The second-order valence-corrected chi connectivity index (χ2v) is 8.03. The molecule has 0 spiro atoms. The summed E-state index contributed by atoms with van der Waals surface area (Å²) in [5, 5.41) is 16.2. The third-order valence-corrected chi connectivity index (χ3v) is 5.52. The Labute approximate surface area is 198 Å². The van der Waals surface area contributed by atoms with Crippen molar-refractivity contribution >= 4 is 23.2 Å². The molecule has 1 fully saturated rings. The Balaban J connectivity index is 1.50. The Morgan fingerprint density at radius 2 is 2.00 bits per heavy atom. The molecule has 0 radical (unpaired) electrons. The van der Waals surface area contributed by atoms with E-state index in [2.05, 4.69) is 10.6 Å². The van der Waals surface area contributed by atoms with Crippen molar-refractivity contribution in [2.75, 3.05) is 32.5 Å². The molecule has 1 atom stereocenters. The number of rotatable bonds is 8. The van der Waals surface area contributed by atoms with Gasteiger partial charge in [-0.1, -0.05) is 6.07 Å². The van der Waals surface area contributed by atoms with E-state index in [1.54, 1.807) is 6.07 Å². The minimum atomic E-state index is -4.63. The van der Waals surface area contributed by atoms with E-state index in [0.717, 1.165) is 17.7 Å². The van der Waals surface area contributed by atoms with Gasteiger partial charge in [0, 0.05) is 37.4 Å². The number of hydrogen-bond donors (Lipinski definition) is 3. The van der Waals surface area contributed by atoms with Crippen molar-refractivity contribution in [1.82, 2.24) is 15.5 Å². The van der Waals surface area contributed by atoms with Gasteiger partial charge in [-0.25, -0.2) is 0 Å². The highest BCUT2D eigenvalue weighted by Gasteiger charge is 2.32. The van der Waals surface area contributed by atoms with Gasteiger partial charge in [0.15, 0.2) is 5.75 Å². The van der Waals surface area contributed by atoms with Gasteiger partial charge in [-0.15, -0.1) is 0 Å². The summed E-state index contributed by atoms with van der Waals surface area (Å²) in [5.41, 5.74) is 4.67. The summed E-state index contributed by atoms with van der Waals surface area (Å²) in [6.07, 6.45) is -4.01. The number of likely N-dealkylation sites (tertiary alicyclic amines) is 1. The van der Waals surface area contributed by atoms with E-state index in [1.165, 1.54) is 19.2 Å². The van der Waals surface area contributed by atoms with E-state index in [9.17, 15) is 32.9 Å². The zero-order chi connectivity index (χ0) is 25.8. The Morgan fingerprint density at radius 3 is 2.66 bits per heavy atom. The molecule has 13 heteroatoms. The van der Waals surface area contributed by atoms with Crippen molar-refractivity contribution in [3.05, 3.63) is 63.2 Å². The van der Waals surface area contributed by atoms with E-state index >= 15 is 0 Å². The summed E-state index contributed by atoms with van der Waals surface area (Å²) in [6.45, 7) is 1.12. The minimum absolute atomic E-state index is 0.133. The molecule has 1 heterocycles. The molecule has 1 aliphatic rings. The molecular formula is C22H24F3N5O5. The average Bonchev–Trinajstić information content (AvgIpc) is 3.23. The van der Waals surface area contributed by atoms with E-state index in [0.29, 0.717) is 32.1 Å². The molecule has 2 aromatic rings. The number of nitrogen functional groups attached to an aromatic ring is 1. The standard InChI is InChI=1S/C22H24F3N5O5/c1-35-19-5-2-13(8-18(19)30(33)34)11-29-7-6-15(12-29)28-20(31)10-27-21(32)16-9-14(22(23,24)25)3-4-17(16)26/h2-5,8-9,15H,6-7,10-12,26H2,1H3,(H,27,32)(H,28,31). The summed E-state index contributed by atoms with van der Waals surface area (Å²) in [7, 11) is 1.35. The fourth-order valence-electron chi connectivity index (χ4n) is 3.79. The lowest BCUT2D eigenvalue weighted by atomic mass is 10.1. The van der Waals surface area contributed by atoms with Crippen LogP contribution in [-0.2, 0) is 17.5 Å². The molecular weight excluding hydrogens is 471 g/mol. The van der Waals surface area contributed by atoms with Gasteiger partial charge in [0.2, 0.25) is 5.91 Å². The van der Waals surface area contributed by atoms with Gasteiger partial charge < -0.3 is 21.1 Å². The number of methoxy groups -OCH3 is 1.